The van der Waals surface area contributed by atoms with Crippen molar-refractivity contribution in [2.24, 2.45) is 5.41 Å². The molecule has 0 amide bonds. The lowest BCUT2D eigenvalue weighted by Gasteiger charge is -2.28. The number of aliphatic carboxylic acids is 1. The van der Waals surface area contributed by atoms with Crippen molar-refractivity contribution in [1.82, 2.24) is 0 Å². The van der Waals surface area contributed by atoms with Gasteiger partial charge in [0.1, 0.15) is 0 Å². The average Bonchev–Trinajstić information content (AvgIpc) is 2.32. The van der Waals surface area contributed by atoms with Gasteiger partial charge in [-0.3, -0.25) is 4.79 Å². The van der Waals surface area contributed by atoms with Gasteiger partial charge in [0.15, 0.2) is 0 Å². The molecule has 0 rings (SSSR count). The normalized spacial score (nSPS) is 14.5. The van der Waals surface area contributed by atoms with Gasteiger partial charge in [-0.15, -0.1) is 0 Å². The number of rotatable bonds is 11. The lowest BCUT2D eigenvalue weighted by atomic mass is 9.77. The largest absolute Gasteiger partial charge is 0.481 e. The molecule has 1 unspecified atom stereocenters. The van der Waals surface area contributed by atoms with Crippen molar-refractivity contribution in [1.29, 1.82) is 0 Å². The van der Waals surface area contributed by atoms with Crippen LogP contribution in [0.3, 0.4) is 0 Å². The topological polar surface area (TPSA) is 46.5 Å². The Morgan fingerprint density at radius 2 is 1.71 bits per heavy atom. The monoisotopic (exact) mass is 244 g/mol. The summed E-state index contributed by atoms with van der Waals surface area (Å²) in [6, 6.07) is 0. The Morgan fingerprint density at radius 3 is 2.18 bits per heavy atom. The molecule has 0 aliphatic carbocycles. The number of carboxylic acid groups (broad SMARTS) is 1. The van der Waals surface area contributed by atoms with Crippen LogP contribution in [0.25, 0.3) is 0 Å². The van der Waals surface area contributed by atoms with Crippen molar-refractivity contribution >= 4 is 5.97 Å². The van der Waals surface area contributed by atoms with E-state index >= 15 is 0 Å². The van der Waals surface area contributed by atoms with Crippen molar-refractivity contribution < 1.29 is 14.6 Å². The summed E-state index contributed by atoms with van der Waals surface area (Å²) in [6.07, 6.45) is 6.31. The Hall–Kier alpha value is -0.570. The van der Waals surface area contributed by atoms with Crippen molar-refractivity contribution in [3.05, 3.63) is 0 Å². The van der Waals surface area contributed by atoms with Gasteiger partial charge in [-0.05, 0) is 25.7 Å². The molecular formula is C14H28O3. The first-order chi connectivity index (χ1) is 8.13. The maximum atomic E-state index is 11.4. The molecule has 0 radical (unpaired) electrons. The van der Waals surface area contributed by atoms with E-state index in [2.05, 4.69) is 13.8 Å². The second kappa shape index (κ2) is 9.46. The maximum Gasteiger partial charge on any atom is 0.309 e. The van der Waals surface area contributed by atoms with Crippen LogP contribution in [-0.4, -0.2) is 24.3 Å². The minimum Gasteiger partial charge on any atom is -0.481 e. The van der Waals surface area contributed by atoms with Crippen LogP contribution in [0.15, 0.2) is 0 Å². The molecular weight excluding hydrogens is 216 g/mol. The Balaban J connectivity index is 4.13. The summed E-state index contributed by atoms with van der Waals surface area (Å²) in [5.41, 5.74) is -0.567. The zero-order chi connectivity index (χ0) is 13.1. The van der Waals surface area contributed by atoms with Crippen LogP contribution in [0, 0.1) is 5.41 Å². The Bertz CT molecular complexity index is 204. The summed E-state index contributed by atoms with van der Waals surface area (Å²) in [5.74, 6) is -0.660. The van der Waals surface area contributed by atoms with Crippen molar-refractivity contribution in [3.8, 4) is 0 Å². The predicted octanol–water partition coefficient (Wildman–Crippen LogP) is 3.86. The van der Waals surface area contributed by atoms with Crippen LogP contribution in [0.2, 0.25) is 0 Å². The smallest absolute Gasteiger partial charge is 0.309 e. The van der Waals surface area contributed by atoms with Crippen LogP contribution in [0.5, 0.6) is 0 Å². The van der Waals surface area contributed by atoms with E-state index in [1.807, 2.05) is 6.92 Å². The Kier molecular flexibility index (Phi) is 9.14. The van der Waals surface area contributed by atoms with Crippen molar-refractivity contribution in [3.63, 3.8) is 0 Å². The standard InChI is InChI=1S/C14H28O3/c1-4-7-9-14(6-3,13(15)16)10-12-17-11-8-5-2/h4-12H2,1-3H3,(H,15,16). The molecule has 1 N–H and O–H groups in total. The molecule has 0 bridgehead atoms. The molecule has 0 aliphatic rings. The van der Waals surface area contributed by atoms with E-state index in [1.54, 1.807) is 0 Å². The fraction of sp³-hybridized carbons (Fsp3) is 0.929. The fourth-order valence-electron chi connectivity index (χ4n) is 1.97. The minimum absolute atomic E-state index is 0.567. The molecule has 0 aromatic heterocycles. The van der Waals surface area contributed by atoms with E-state index in [4.69, 9.17) is 4.74 Å². The number of hydrogen-bond donors (Lipinski definition) is 1. The van der Waals surface area contributed by atoms with Gasteiger partial charge in [-0.1, -0.05) is 40.0 Å². The molecule has 0 spiro atoms. The van der Waals surface area contributed by atoms with E-state index in [-0.39, 0.29) is 0 Å². The zero-order valence-electron chi connectivity index (χ0n) is 11.6. The summed E-state index contributed by atoms with van der Waals surface area (Å²) in [6.45, 7) is 7.52. The van der Waals surface area contributed by atoms with Crippen molar-refractivity contribution in [2.45, 2.75) is 65.7 Å². The van der Waals surface area contributed by atoms with E-state index in [0.717, 1.165) is 38.7 Å². The molecule has 0 fully saturated rings. The molecule has 0 aromatic rings. The molecule has 0 aromatic carbocycles. The fourth-order valence-corrected chi connectivity index (χ4v) is 1.97. The molecule has 0 saturated heterocycles. The summed E-state index contributed by atoms with van der Waals surface area (Å²) >= 11 is 0. The third-order valence-electron chi connectivity index (χ3n) is 3.51. The molecule has 0 aliphatic heterocycles. The number of ether oxygens (including phenoxy) is 1. The van der Waals surface area contributed by atoms with Gasteiger partial charge < -0.3 is 9.84 Å². The minimum atomic E-state index is -0.660. The number of carboxylic acids is 1. The maximum absolute atomic E-state index is 11.4. The predicted molar refractivity (Wildman–Crippen MR) is 70.2 cm³/mol. The van der Waals surface area contributed by atoms with Crippen LogP contribution in [0.4, 0.5) is 0 Å². The van der Waals surface area contributed by atoms with E-state index in [0.29, 0.717) is 19.4 Å². The van der Waals surface area contributed by atoms with Crippen LogP contribution < -0.4 is 0 Å². The first-order valence-electron chi connectivity index (χ1n) is 6.94. The summed E-state index contributed by atoms with van der Waals surface area (Å²) in [7, 11) is 0. The average molecular weight is 244 g/mol. The van der Waals surface area contributed by atoms with Gasteiger partial charge in [0.25, 0.3) is 0 Å². The molecule has 0 heterocycles. The molecule has 0 saturated carbocycles. The highest BCUT2D eigenvalue weighted by atomic mass is 16.5. The zero-order valence-corrected chi connectivity index (χ0v) is 11.6. The number of unbranched alkanes of at least 4 members (excludes halogenated alkanes) is 2. The highest BCUT2D eigenvalue weighted by Gasteiger charge is 2.35. The van der Waals surface area contributed by atoms with Gasteiger partial charge in [0, 0.05) is 13.2 Å². The van der Waals surface area contributed by atoms with Crippen LogP contribution in [0.1, 0.15) is 65.7 Å². The molecule has 3 heteroatoms. The van der Waals surface area contributed by atoms with Gasteiger partial charge in [-0.25, -0.2) is 0 Å². The molecule has 1 atom stereocenters. The number of carbonyl (C=O) groups is 1. The molecule has 102 valence electrons. The summed E-state index contributed by atoms with van der Waals surface area (Å²) in [4.78, 5) is 11.4. The van der Waals surface area contributed by atoms with E-state index in [9.17, 15) is 9.90 Å². The summed E-state index contributed by atoms with van der Waals surface area (Å²) < 4.78 is 5.50. The quantitative estimate of drug-likeness (QED) is 0.561. The van der Waals surface area contributed by atoms with Crippen molar-refractivity contribution in [2.75, 3.05) is 13.2 Å². The Labute approximate surface area is 106 Å². The Morgan fingerprint density at radius 1 is 1.06 bits per heavy atom. The van der Waals surface area contributed by atoms with Crippen LogP contribution in [-0.2, 0) is 9.53 Å². The van der Waals surface area contributed by atoms with Gasteiger partial charge in [0.2, 0.25) is 0 Å². The number of hydrogen-bond acceptors (Lipinski definition) is 2. The third kappa shape index (κ3) is 6.06. The van der Waals surface area contributed by atoms with Gasteiger partial charge in [-0.2, -0.15) is 0 Å². The molecule has 3 nitrogen and oxygen atoms in total. The third-order valence-corrected chi connectivity index (χ3v) is 3.51. The first kappa shape index (κ1) is 16.4. The van der Waals surface area contributed by atoms with E-state index < -0.39 is 11.4 Å². The summed E-state index contributed by atoms with van der Waals surface area (Å²) in [5, 5.41) is 9.40. The lowest BCUT2D eigenvalue weighted by Crippen LogP contribution is -2.32. The first-order valence-corrected chi connectivity index (χ1v) is 6.94. The highest BCUT2D eigenvalue weighted by molar-refractivity contribution is 5.74. The highest BCUT2D eigenvalue weighted by Crippen LogP contribution is 2.33. The SMILES string of the molecule is CCCCOCCC(CC)(CCCC)C(=O)O. The lowest BCUT2D eigenvalue weighted by molar-refractivity contribution is -0.151. The van der Waals surface area contributed by atoms with Gasteiger partial charge >= 0.3 is 5.97 Å². The molecule has 17 heavy (non-hydrogen) atoms. The van der Waals surface area contributed by atoms with Gasteiger partial charge in [0.05, 0.1) is 5.41 Å². The second-order valence-corrected chi connectivity index (χ2v) is 4.76. The second-order valence-electron chi connectivity index (χ2n) is 4.76. The van der Waals surface area contributed by atoms with E-state index in [1.165, 1.54) is 0 Å². The van der Waals surface area contributed by atoms with Crippen LogP contribution >= 0.6 is 0 Å².